The fourth-order valence-corrected chi connectivity index (χ4v) is 3.20. The van der Waals surface area contributed by atoms with E-state index >= 15 is 0 Å². The molecule has 1 aromatic rings. The summed E-state index contributed by atoms with van der Waals surface area (Å²) < 4.78 is 19.4. The standard InChI is InChI=1S/C20H32FNO/c1-7-10-16(11-8-2)19(9-3)22-15(5)17-13-18(21)14(4)12-20(17)23-6/h12-13,16,19,22H,5,7-11H2,1-4,6H3. The molecule has 1 N–H and O–H groups in total. The van der Waals surface area contributed by atoms with E-state index in [1.165, 1.54) is 31.7 Å². The lowest BCUT2D eigenvalue weighted by molar-refractivity contribution is 0.328. The maximum Gasteiger partial charge on any atom is 0.128 e. The van der Waals surface area contributed by atoms with E-state index in [0.717, 1.165) is 12.1 Å². The lowest BCUT2D eigenvalue weighted by Gasteiger charge is -2.29. The van der Waals surface area contributed by atoms with Gasteiger partial charge in [-0.3, -0.25) is 0 Å². The Morgan fingerprint density at radius 2 is 1.83 bits per heavy atom. The summed E-state index contributed by atoms with van der Waals surface area (Å²) in [7, 11) is 1.61. The fraction of sp³-hybridized carbons (Fsp3) is 0.600. The summed E-state index contributed by atoms with van der Waals surface area (Å²) >= 11 is 0. The molecule has 3 heteroatoms. The van der Waals surface area contributed by atoms with E-state index in [1.807, 2.05) is 0 Å². The predicted octanol–water partition coefficient (Wildman–Crippen LogP) is 5.70. The minimum absolute atomic E-state index is 0.226. The number of methoxy groups -OCH3 is 1. The van der Waals surface area contributed by atoms with Gasteiger partial charge in [0.1, 0.15) is 11.6 Å². The van der Waals surface area contributed by atoms with E-state index in [9.17, 15) is 4.39 Å². The lowest BCUT2D eigenvalue weighted by Crippen LogP contribution is -2.34. The molecule has 0 saturated carbocycles. The average molecular weight is 321 g/mol. The first kappa shape index (κ1) is 19.5. The van der Waals surface area contributed by atoms with Gasteiger partial charge in [0, 0.05) is 17.3 Å². The first-order valence-corrected chi connectivity index (χ1v) is 8.78. The number of hydrogen-bond donors (Lipinski definition) is 1. The van der Waals surface area contributed by atoms with Crippen LogP contribution < -0.4 is 10.1 Å². The first-order valence-electron chi connectivity index (χ1n) is 8.78. The normalized spacial score (nSPS) is 12.3. The number of halogens is 1. The van der Waals surface area contributed by atoms with E-state index < -0.39 is 0 Å². The smallest absolute Gasteiger partial charge is 0.128 e. The van der Waals surface area contributed by atoms with Crippen molar-refractivity contribution in [1.82, 2.24) is 5.32 Å². The highest BCUT2D eigenvalue weighted by atomic mass is 19.1. The number of aryl methyl sites for hydroxylation is 1. The lowest BCUT2D eigenvalue weighted by atomic mass is 9.88. The van der Waals surface area contributed by atoms with Crippen LogP contribution in [0, 0.1) is 18.7 Å². The molecule has 1 aromatic carbocycles. The van der Waals surface area contributed by atoms with Crippen molar-refractivity contribution >= 4 is 5.70 Å². The predicted molar refractivity (Wildman–Crippen MR) is 97.2 cm³/mol. The SMILES string of the molecule is C=C(NC(CC)C(CCC)CCC)c1cc(F)c(C)cc1OC. The van der Waals surface area contributed by atoms with Gasteiger partial charge in [0.2, 0.25) is 0 Å². The van der Waals surface area contributed by atoms with E-state index in [-0.39, 0.29) is 5.82 Å². The van der Waals surface area contributed by atoms with Crippen LogP contribution in [0.25, 0.3) is 5.70 Å². The Bertz CT molecular complexity index is 507. The molecule has 0 saturated heterocycles. The summed E-state index contributed by atoms with van der Waals surface area (Å²) in [5.41, 5.74) is 2.03. The van der Waals surface area contributed by atoms with Crippen LogP contribution in [0.4, 0.5) is 4.39 Å². The summed E-state index contributed by atoms with van der Waals surface area (Å²) in [4.78, 5) is 0. The Labute approximate surface area is 141 Å². The zero-order valence-electron chi connectivity index (χ0n) is 15.3. The zero-order valence-corrected chi connectivity index (χ0v) is 15.3. The van der Waals surface area contributed by atoms with Crippen LogP contribution in [0.5, 0.6) is 5.75 Å². The minimum Gasteiger partial charge on any atom is -0.496 e. The van der Waals surface area contributed by atoms with Crippen LogP contribution in [-0.2, 0) is 0 Å². The maximum absolute atomic E-state index is 14.0. The van der Waals surface area contributed by atoms with Gasteiger partial charge in [-0.2, -0.15) is 0 Å². The van der Waals surface area contributed by atoms with Gasteiger partial charge in [0.15, 0.2) is 0 Å². The molecule has 0 amide bonds. The number of ether oxygens (including phenoxy) is 1. The van der Waals surface area contributed by atoms with Crippen LogP contribution in [0.2, 0.25) is 0 Å². The van der Waals surface area contributed by atoms with Crippen LogP contribution in [0.1, 0.15) is 64.0 Å². The van der Waals surface area contributed by atoms with Gasteiger partial charge < -0.3 is 10.1 Å². The van der Waals surface area contributed by atoms with Crippen molar-refractivity contribution in [2.75, 3.05) is 7.11 Å². The largest absolute Gasteiger partial charge is 0.496 e. The molecule has 0 aliphatic carbocycles. The maximum atomic E-state index is 14.0. The van der Waals surface area contributed by atoms with Crippen molar-refractivity contribution in [1.29, 1.82) is 0 Å². The highest BCUT2D eigenvalue weighted by Crippen LogP contribution is 2.29. The van der Waals surface area contributed by atoms with E-state index in [0.29, 0.717) is 28.8 Å². The third-order valence-electron chi connectivity index (χ3n) is 4.49. The number of benzene rings is 1. The second-order valence-corrected chi connectivity index (χ2v) is 6.28. The molecular formula is C20H32FNO. The summed E-state index contributed by atoms with van der Waals surface area (Å²) in [6.45, 7) is 12.5. The third kappa shape index (κ3) is 5.26. The number of rotatable bonds is 10. The van der Waals surface area contributed by atoms with Gasteiger partial charge in [0.05, 0.1) is 7.11 Å². The molecule has 23 heavy (non-hydrogen) atoms. The van der Waals surface area contributed by atoms with E-state index in [4.69, 9.17) is 4.74 Å². The molecule has 1 unspecified atom stereocenters. The molecule has 0 aromatic heterocycles. The Hall–Kier alpha value is -1.51. The van der Waals surface area contributed by atoms with Crippen LogP contribution in [0.15, 0.2) is 18.7 Å². The summed E-state index contributed by atoms with van der Waals surface area (Å²) in [6, 6.07) is 3.61. The van der Waals surface area contributed by atoms with Gasteiger partial charge in [-0.15, -0.1) is 0 Å². The molecule has 0 heterocycles. The zero-order chi connectivity index (χ0) is 17.4. The Kier molecular flexibility index (Phi) is 8.15. The fourth-order valence-electron chi connectivity index (χ4n) is 3.20. The minimum atomic E-state index is -0.226. The topological polar surface area (TPSA) is 21.3 Å². The Morgan fingerprint density at radius 3 is 2.30 bits per heavy atom. The molecular weight excluding hydrogens is 289 g/mol. The van der Waals surface area contributed by atoms with Crippen LogP contribution >= 0.6 is 0 Å². The molecule has 0 bridgehead atoms. The average Bonchev–Trinajstić information content (AvgIpc) is 2.54. The van der Waals surface area contributed by atoms with Crippen molar-refractivity contribution in [3.05, 3.63) is 35.7 Å². The quantitative estimate of drug-likeness (QED) is 0.597. The van der Waals surface area contributed by atoms with Crippen molar-refractivity contribution in [2.24, 2.45) is 5.92 Å². The molecule has 0 radical (unpaired) electrons. The summed E-state index contributed by atoms with van der Waals surface area (Å²) in [5, 5.41) is 3.53. The van der Waals surface area contributed by atoms with Crippen molar-refractivity contribution in [3.63, 3.8) is 0 Å². The monoisotopic (exact) mass is 321 g/mol. The molecule has 1 atom stereocenters. The van der Waals surface area contributed by atoms with Gasteiger partial charge in [0.25, 0.3) is 0 Å². The molecule has 0 fully saturated rings. The van der Waals surface area contributed by atoms with Gasteiger partial charge in [-0.1, -0.05) is 40.2 Å². The van der Waals surface area contributed by atoms with Crippen molar-refractivity contribution in [2.45, 2.75) is 65.8 Å². The van der Waals surface area contributed by atoms with Crippen LogP contribution in [-0.4, -0.2) is 13.2 Å². The van der Waals surface area contributed by atoms with Gasteiger partial charge >= 0.3 is 0 Å². The van der Waals surface area contributed by atoms with E-state index in [2.05, 4.69) is 32.7 Å². The molecule has 0 spiro atoms. The molecule has 130 valence electrons. The highest BCUT2D eigenvalue weighted by Gasteiger charge is 2.20. The molecule has 0 aliphatic heterocycles. The van der Waals surface area contributed by atoms with Crippen LogP contribution in [0.3, 0.4) is 0 Å². The highest BCUT2D eigenvalue weighted by molar-refractivity contribution is 5.68. The molecule has 0 aliphatic rings. The van der Waals surface area contributed by atoms with Crippen molar-refractivity contribution in [3.8, 4) is 5.75 Å². The second kappa shape index (κ2) is 9.59. The third-order valence-corrected chi connectivity index (χ3v) is 4.49. The number of hydrogen-bond acceptors (Lipinski definition) is 2. The Morgan fingerprint density at radius 1 is 1.22 bits per heavy atom. The van der Waals surface area contributed by atoms with Crippen molar-refractivity contribution < 1.29 is 9.13 Å². The summed E-state index contributed by atoms with van der Waals surface area (Å²) in [5.74, 6) is 1.06. The Balaban J connectivity index is 2.97. The second-order valence-electron chi connectivity index (χ2n) is 6.28. The molecule has 1 rings (SSSR count). The van der Waals surface area contributed by atoms with Gasteiger partial charge in [-0.05, 0) is 49.8 Å². The first-order chi connectivity index (χ1) is 11.0. The number of nitrogens with one attached hydrogen (secondary N) is 1. The van der Waals surface area contributed by atoms with Gasteiger partial charge in [-0.25, -0.2) is 4.39 Å². The van der Waals surface area contributed by atoms with E-state index in [1.54, 1.807) is 20.1 Å². The summed E-state index contributed by atoms with van der Waals surface area (Å²) in [6.07, 6.45) is 5.79. The molecule has 2 nitrogen and oxygen atoms in total.